The van der Waals surface area contributed by atoms with Gasteiger partial charge in [0.25, 0.3) is 5.91 Å². The van der Waals surface area contributed by atoms with Crippen molar-refractivity contribution in [3.63, 3.8) is 0 Å². The van der Waals surface area contributed by atoms with E-state index in [9.17, 15) is 9.59 Å². The molecule has 2 bridgehead atoms. The van der Waals surface area contributed by atoms with Crippen molar-refractivity contribution < 1.29 is 19.1 Å². The molecular formula is C23H34N4O4. The lowest BCUT2D eigenvalue weighted by Crippen LogP contribution is -2.57. The molecule has 4 heterocycles. The Balaban J connectivity index is 1.35. The first kappa shape index (κ1) is 21.9. The SMILES string of the molecule is COc1ccc(C(=O)N2CC3CNC(CCCC(=O)N4CCCC4)C(C3)C2)c(OC)n1. The fraction of sp³-hybridized carbons (Fsp3) is 0.696. The molecule has 3 atom stereocenters. The molecule has 3 saturated heterocycles. The van der Waals surface area contributed by atoms with Crippen LogP contribution in [0, 0.1) is 11.8 Å². The molecular weight excluding hydrogens is 396 g/mol. The molecule has 1 N–H and O–H groups in total. The Morgan fingerprint density at radius 2 is 1.94 bits per heavy atom. The van der Waals surface area contributed by atoms with Crippen LogP contribution in [0.1, 0.15) is 48.9 Å². The van der Waals surface area contributed by atoms with Crippen LogP contribution in [0.3, 0.4) is 0 Å². The predicted molar refractivity (Wildman–Crippen MR) is 116 cm³/mol. The van der Waals surface area contributed by atoms with Crippen molar-refractivity contribution in [2.24, 2.45) is 11.8 Å². The largest absolute Gasteiger partial charge is 0.481 e. The summed E-state index contributed by atoms with van der Waals surface area (Å²) in [5.74, 6) is 1.86. The molecule has 0 spiro atoms. The van der Waals surface area contributed by atoms with Gasteiger partial charge in [-0.2, -0.15) is 4.98 Å². The number of piperidine rings is 2. The molecule has 8 nitrogen and oxygen atoms in total. The van der Waals surface area contributed by atoms with Gasteiger partial charge in [-0.15, -0.1) is 0 Å². The second-order valence-electron chi connectivity index (χ2n) is 8.98. The van der Waals surface area contributed by atoms with Crippen molar-refractivity contribution in [2.75, 3.05) is 46.9 Å². The van der Waals surface area contributed by atoms with Crippen LogP contribution >= 0.6 is 0 Å². The van der Waals surface area contributed by atoms with E-state index in [1.165, 1.54) is 7.11 Å². The lowest BCUT2D eigenvalue weighted by Gasteiger charge is -2.46. The molecule has 0 radical (unpaired) electrons. The zero-order valence-corrected chi connectivity index (χ0v) is 18.6. The number of ether oxygens (including phenoxy) is 2. The standard InChI is InChI=1S/C23H34N4O4/c1-30-20-9-8-18(22(25-20)31-2)23(29)27-14-16-12-17(15-27)19(24-13-16)6-5-7-21(28)26-10-3-4-11-26/h8-9,16-17,19,24H,3-7,10-15H2,1-2H3. The summed E-state index contributed by atoms with van der Waals surface area (Å²) in [6.07, 6.45) is 5.92. The Kier molecular flexibility index (Phi) is 6.95. The number of hydrogen-bond donors (Lipinski definition) is 1. The third kappa shape index (κ3) is 4.95. The number of fused-ring (bicyclic) bond motifs is 2. The van der Waals surface area contributed by atoms with Gasteiger partial charge in [0.2, 0.25) is 17.7 Å². The second-order valence-corrected chi connectivity index (χ2v) is 8.98. The summed E-state index contributed by atoms with van der Waals surface area (Å²) in [5, 5.41) is 3.68. The fourth-order valence-electron chi connectivity index (χ4n) is 5.30. The van der Waals surface area contributed by atoms with Crippen LogP contribution in [0.25, 0.3) is 0 Å². The van der Waals surface area contributed by atoms with Gasteiger partial charge in [0.1, 0.15) is 5.56 Å². The van der Waals surface area contributed by atoms with Crippen LogP contribution in [0.4, 0.5) is 0 Å². The van der Waals surface area contributed by atoms with E-state index in [0.29, 0.717) is 47.5 Å². The lowest BCUT2D eigenvalue weighted by molar-refractivity contribution is -0.130. The van der Waals surface area contributed by atoms with E-state index in [2.05, 4.69) is 10.3 Å². The highest BCUT2D eigenvalue weighted by Gasteiger charge is 2.38. The Bertz CT molecular complexity index is 796. The number of pyridine rings is 1. The summed E-state index contributed by atoms with van der Waals surface area (Å²) in [4.78, 5) is 33.8. The molecule has 3 aliphatic rings. The highest BCUT2D eigenvalue weighted by Crippen LogP contribution is 2.32. The van der Waals surface area contributed by atoms with E-state index in [1.807, 2.05) is 9.80 Å². The smallest absolute Gasteiger partial charge is 0.259 e. The van der Waals surface area contributed by atoms with Crippen LogP contribution in [-0.4, -0.2) is 79.6 Å². The number of nitrogens with one attached hydrogen (secondary N) is 1. The van der Waals surface area contributed by atoms with E-state index in [4.69, 9.17) is 9.47 Å². The van der Waals surface area contributed by atoms with Gasteiger partial charge in [-0.25, -0.2) is 0 Å². The van der Waals surface area contributed by atoms with Crippen molar-refractivity contribution in [3.05, 3.63) is 17.7 Å². The zero-order chi connectivity index (χ0) is 21.8. The van der Waals surface area contributed by atoms with E-state index >= 15 is 0 Å². The minimum atomic E-state index is -0.0356. The quantitative estimate of drug-likeness (QED) is 0.712. The zero-order valence-electron chi connectivity index (χ0n) is 18.6. The Morgan fingerprint density at radius 1 is 1.13 bits per heavy atom. The van der Waals surface area contributed by atoms with Gasteiger partial charge in [0.15, 0.2) is 0 Å². The monoisotopic (exact) mass is 430 g/mol. The average Bonchev–Trinajstić information content (AvgIpc) is 3.34. The molecule has 1 aromatic heterocycles. The maximum Gasteiger partial charge on any atom is 0.259 e. The van der Waals surface area contributed by atoms with Crippen molar-refractivity contribution in [3.8, 4) is 11.8 Å². The molecule has 1 aromatic rings. The number of nitrogens with zero attached hydrogens (tertiary/aromatic N) is 3. The number of likely N-dealkylation sites (tertiary alicyclic amines) is 2. The van der Waals surface area contributed by atoms with Gasteiger partial charge >= 0.3 is 0 Å². The average molecular weight is 431 g/mol. The fourth-order valence-corrected chi connectivity index (χ4v) is 5.30. The number of carbonyl (C=O) groups excluding carboxylic acids is 2. The molecule has 170 valence electrons. The second kappa shape index (κ2) is 9.85. The lowest BCUT2D eigenvalue weighted by atomic mass is 9.79. The summed E-state index contributed by atoms with van der Waals surface area (Å²) in [7, 11) is 3.06. The number of hydrogen-bond acceptors (Lipinski definition) is 6. The van der Waals surface area contributed by atoms with E-state index in [-0.39, 0.29) is 5.91 Å². The maximum absolute atomic E-state index is 13.3. The molecule has 0 saturated carbocycles. The topological polar surface area (TPSA) is 84.0 Å². The number of methoxy groups -OCH3 is 2. The van der Waals surface area contributed by atoms with Crippen LogP contribution in [0.2, 0.25) is 0 Å². The van der Waals surface area contributed by atoms with Crippen molar-refractivity contribution in [1.29, 1.82) is 0 Å². The molecule has 31 heavy (non-hydrogen) atoms. The highest BCUT2D eigenvalue weighted by atomic mass is 16.5. The van der Waals surface area contributed by atoms with Crippen LogP contribution in [0.15, 0.2) is 12.1 Å². The van der Waals surface area contributed by atoms with Crippen molar-refractivity contribution in [1.82, 2.24) is 20.1 Å². The molecule has 3 fully saturated rings. The Hall–Kier alpha value is -2.35. The van der Waals surface area contributed by atoms with Crippen LogP contribution < -0.4 is 14.8 Å². The van der Waals surface area contributed by atoms with E-state index in [1.54, 1.807) is 19.2 Å². The minimum Gasteiger partial charge on any atom is -0.481 e. The summed E-state index contributed by atoms with van der Waals surface area (Å²) in [6.45, 7) is 4.24. The Morgan fingerprint density at radius 3 is 2.68 bits per heavy atom. The van der Waals surface area contributed by atoms with Crippen LogP contribution in [0.5, 0.6) is 11.8 Å². The molecule has 3 aliphatic heterocycles. The first-order chi connectivity index (χ1) is 15.1. The van der Waals surface area contributed by atoms with E-state index in [0.717, 1.165) is 64.8 Å². The molecule has 2 amide bonds. The number of rotatable bonds is 7. The minimum absolute atomic E-state index is 0.0356. The van der Waals surface area contributed by atoms with Gasteiger partial charge in [0.05, 0.1) is 14.2 Å². The van der Waals surface area contributed by atoms with Crippen molar-refractivity contribution in [2.45, 2.75) is 44.6 Å². The molecule has 0 aliphatic carbocycles. The number of aromatic nitrogens is 1. The van der Waals surface area contributed by atoms with Gasteiger partial charge < -0.3 is 24.6 Å². The first-order valence-corrected chi connectivity index (χ1v) is 11.5. The number of carbonyl (C=O) groups is 2. The summed E-state index contributed by atoms with van der Waals surface area (Å²) >= 11 is 0. The summed E-state index contributed by atoms with van der Waals surface area (Å²) < 4.78 is 10.5. The Labute approximate surface area is 184 Å². The van der Waals surface area contributed by atoms with Crippen LogP contribution in [-0.2, 0) is 4.79 Å². The van der Waals surface area contributed by atoms with Gasteiger partial charge in [-0.05, 0) is 56.6 Å². The molecule has 3 unspecified atom stereocenters. The van der Waals surface area contributed by atoms with E-state index < -0.39 is 0 Å². The van der Waals surface area contributed by atoms with Gasteiger partial charge in [-0.3, -0.25) is 9.59 Å². The normalized spacial score (nSPS) is 25.4. The molecule has 8 heteroatoms. The number of amides is 2. The maximum atomic E-state index is 13.3. The predicted octanol–water partition coefficient (Wildman–Crippen LogP) is 1.94. The van der Waals surface area contributed by atoms with Gasteiger partial charge in [0, 0.05) is 44.7 Å². The molecule has 4 rings (SSSR count). The van der Waals surface area contributed by atoms with Crippen molar-refractivity contribution >= 4 is 11.8 Å². The summed E-state index contributed by atoms with van der Waals surface area (Å²) in [5.41, 5.74) is 0.476. The van der Waals surface area contributed by atoms with Gasteiger partial charge in [-0.1, -0.05) is 0 Å². The summed E-state index contributed by atoms with van der Waals surface area (Å²) in [6, 6.07) is 3.79. The first-order valence-electron chi connectivity index (χ1n) is 11.5. The third-order valence-electron chi connectivity index (χ3n) is 6.93. The third-order valence-corrected chi connectivity index (χ3v) is 6.93. The highest BCUT2D eigenvalue weighted by molar-refractivity contribution is 5.96. The molecule has 0 aromatic carbocycles.